The van der Waals surface area contributed by atoms with Crippen LogP contribution in [0.25, 0.3) is 0 Å². The zero-order chi connectivity index (χ0) is 12.6. The topological polar surface area (TPSA) is 68.3 Å². The van der Waals surface area contributed by atoms with Gasteiger partial charge in [-0.2, -0.15) is 5.10 Å². The van der Waals surface area contributed by atoms with Crippen LogP contribution in [0.1, 0.15) is 33.3 Å². The summed E-state index contributed by atoms with van der Waals surface area (Å²) in [6.07, 6.45) is 0. The van der Waals surface area contributed by atoms with Crippen LogP contribution in [0.15, 0.2) is 16.5 Å². The number of hydrogen-bond donors (Lipinski definition) is 1. The lowest BCUT2D eigenvalue weighted by atomic mass is 10.2. The fourth-order valence-electron chi connectivity index (χ4n) is 1.82. The zero-order valence-electron chi connectivity index (χ0n) is 10.0. The highest BCUT2D eigenvalue weighted by molar-refractivity contribution is 5.86. The van der Waals surface area contributed by atoms with E-state index in [9.17, 15) is 4.79 Å². The first-order chi connectivity index (χ1) is 7.97. The van der Waals surface area contributed by atoms with Crippen LogP contribution in [0.5, 0.6) is 0 Å². The normalized spacial score (nSPS) is 10.8. The average molecular weight is 234 g/mol. The minimum Gasteiger partial charge on any atom is -0.475 e. The Morgan fingerprint density at radius 3 is 2.59 bits per heavy atom. The molecule has 0 radical (unpaired) electrons. The average Bonchev–Trinajstić information content (AvgIpc) is 2.71. The summed E-state index contributed by atoms with van der Waals surface area (Å²) < 4.78 is 7.07. The van der Waals surface area contributed by atoms with Gasteiger partial charge in [-0.3, -0.25) is 4.68 Å². The van der Waals surface area contributed by atoms with Gasteiger partial charge in [0.25, 0.3) is 0 Å². The molecule has 0 bridgehead atoms. The van der Waals surface area contributed by atoms with Crippen LogP contribution in [0, 0.1) is 20.8 Å². The van der Waals surface area contributed by atoms with Crippen molar-refractivity contribution >= 4 is 5.97 Å². The van der Waals surface area contributed by atoms with Crippen molar-refractivity contribution in [3.05, 3.63) is 40.6 Å². The Hall–Kier alpha value is -2.04. The van der Waals surface area contributed by atoms with E-state index < -0.39 is 5.97 Å². The molecule has 0 aliphatic heterocycles. The molecule has 0 fully saturated rings. The van der Waals surface area contributed by atoms with Crippen molar-refractivity contribution in [2.75, 3.05) is 0 Å². The minimum atomic E-state index is -1.04. The Labute approximate surface area is 98.7 Å². The molecule has 0 aliphatic carbocycles. The smallest absolute Gasteiger partial charge is 0.372 e. The number of rotatable bonds is 3. The Balaban J connectivity index is 2.28. The summed E-state index contributed by atoms with van der Waals surface area (Å²) in [5.41, 5.74) is 2.59. The van der Waals surface area contributed by atoms with Crippen LogP contribution in [-0.4, -0.2) is 20.9 Å². The fraction of sp³-hybridized carbons (Fsp3) is 0.333. The van der Waals surface area contributed by atoms with Crippen LogP contribution in [0.2, 0.25) is 0 Å². The predicted octanol–water partition coefficient (Wildman–Crippen LogP) is 2.15. The van der Waals surface area contributed by atoms with Crippen molar-refractivity contribution in [3.8, 4) is 0 Å². The van der Waals surface area contributed by atoms with Gasteiger partial charge >= 0.3 is 5.97 Å². The van der Waals surface area contributed by atoms with E-state index in [1.807, 2.05) is 19.9 Å². The van der Waals surface area contributed by atoms with E-state index in [1.54, 1.807) is 17.7 Å². The minimum absolute atomic E-state index is 0.00142. The first kappa shape index (κ1) is 11.4. The largest absolute Gasteiger partial charge is 0.475 e. The summed E-state index contributed by atoms with van der Waals surface area (Å²) >= 11 is 0. The number of furan rings is 1. The lowest BCUT2D eigenvalue weighted by molar-refractivity contribution is 0.0659. The van der Waals surface area contributed by atoms with E-state index in [1.165, 1.54) is 0 Å². The highest BCUT2D eigenvalue weighted by atomic mass is 16.4. The number of carboxylic acid groups (broad SMARTS) is 1. The maximum atomic E-state index is 10.8. The van der Waals surface area contributed by atoms with E-state index in [-0.39, 0.29) is 5.76 Å². The lowest BCUT2D eigenvalue weighted by Crippen LogP contribution is -2.03. The highest BCUT2D eigenvalue weighted by Gasteiger charge is 2.15. The van der Waals surface area contributed by atoms with Gasteiger partial charge in [0, 0.05) is 11.3 Å². The molecule has 0 amide bonds. The molecule has 17 heavy (non-hydrogen) atoms. The molecular weight excluding hydrogens is 220 g/mol. The maximum Gasteiger partial charge on any atom is 0.372 e. The van der Waals surface area contributed by atoms with Crippen molar-refractivity contribution in [1.82, 2.24) is 9.78 Å². The van der Waals surface area contributed by atoms with Gasteiger partial charge in [0.15, 0.2) is 0 Å². The van der Waals surface area contributed by atoms with Crippen molar-refractivity contribution in [1.29, 1.82) is 0 Å². The second-order valence-corrected chi connectivity index (χ2v) is 4.11. The summed E-state index contributed by atoms with van der Waals surface area (Å²) in [5, 5.41) is 13.2. The standard InChI is InChI=1S/C12H14N2O3/c1-7-4-10(17-11(7)12(15)16)6-14-9(3)5-8(2)13-14/h4-5H,6H2,1-3H3,(H,15,16). The molecular formula is C12H14N2O3. The molecule has 5 nitrogen and oxygen atoms in total. The van der Waals surface area contributed by atoms with Crippen LogP contribution < -0.4 is 0 Å². The summed E-state index contributed by atoms with van der Waals surface area (Å²) in [6, 6.07) is 3.70. The summed E-state index contributed by atoms with van der Waals surface area (Å²) in [5.74, 6) is -0.435. The van der Waals surface area contributed by atoms with Gasteiger partial charge < -0.3 is 9.52 Å². The van der Waals surface area contributed by atoms with E-state index in [0.717, 1.165) is 11.4 Å². The second kappa shape index (κ2) is 4.08. The summed E-state index contributed by atoms with van der Waals surface area (Å²) in [4.78, 5) is 10.8. The van der Waals surface area contributed by atoms with Crippen molar-refractivity contribution < 1.29 is 14.3 Å². The Bertz CT molecular complexity index is 566. The number of carboxylic acids is 1. The molecule has 2 aromatic heterocycles. The Morgan fingerprint density at radius 2 is 2.12 bits per heavy atom. The first-order valence-electron chi connectivity index (χ1n) is 5.31. The molecule has 0 saturated carbocycles. The van der Waals surface area contributed by atoms with Gasteiger partial charge in [0.2, 0.25) is 5.76 Å². The van der Waals surface area contributed by atoms with Crippen LogP contribution in [0.3, 0.4) is 0 Å². The number of nitrogens with zero attached hydrogens (tertiary/aromatic N) is 2. The van der Waals surface area contributed by atoms with Crippen LogP contribution in [0.4, 0.5) is 0 Å². The van der Waals surface area contributed by atoms with Gasteiger partial charge in [-0.25, -0.2) is 4.79 Å². The molecule has 0 saturated heterocycles. The monoisotopic (exact) mass is 234 g/mol. The molecule has 0 aliphatic rings. The molecule has 0 aromatic carbocycles. The molecule has 1 N–H and O–H groups in total. The number of hydrogen-bond acceptors (Lipinski definition) is 3. The molecule has 2 rings (SSSR count). The lowest BCUT2D eigenvalue weighted by Gasteiger charge is -2.00. The predicted molar refractivity (Wildman–Crippen MR) is 61.2 cm³/mol. The van der Waals surface area contributed by atoms with E-state index in [4.69, 9.17) is 9.52 Å². The van der Waals surface area contributed by atoms with E-state index in [0.29, 0.717) is 17.9 Å². The Morgan fingerprint density at radius 1 is 1.41 bits per heavy atom. The fourth-order valence-corrected chi connectivity index (χ4v) is 1.82. The number of carbonyl (C=O) groups is 1. The number of aromatic nitrogens is 2. The van der Waals surface area contributed by atoms with E-state index >= 15 is 0 Å². The molecule has 90 valence electrons. The van der Waals surface area contributed by atoms with E-state index in [2.05, 4.69) is 5.10 Å². The highest BCUT2D eigenvalue weighted by Crippen LogP contribution is 2.16. The third-order valence-electron chi connectivity index (χ3n) is 2.57. The molecule has 2 aromatic rings. The molecule has 2 heterocycles. The third-order valence-corrected chi connectivity index (χ3v) is 2.57. The van der Waals surface area contributed by atoms with Crippen molar-refractivity contribution in [2.45, 2.75) is 27.3 Å². The molecule has 0 atom stereocenters. The van der Waals surface area contributed by atoms with Crippen molar-refractivity contribution in [3.63, 3.8) is 0 Å². The van der Waals surface area contributed by atoms with Crippen LogP contribution >= 0.6 is 0 Å². The SMILES string of the molecule is Cc1cc(C)n(Cc2cc(C)c(C(=O)O)o2)n1. The van der Waals surface area contributed by atoms with Gasteiger partial charge in [-0.05, 0) is 32.9 Å². The quantitative estimate of drug-likeness (QED) is 0.883. The van der Waals surface area contributed by atoms with Gasteiger partial charge in [-0.1, -0.05) is 0 Å². The first-order valence-corrected chi connectivity index (χ1v) is 5.31. The van der Waals surface area contributed by atoms with Crippen molar-refractivity contribution in [2.24, 2.45) is 0 Å². The van der Waals surface area contributed by atoms with Gasteiger partial charge in [0.05, 0.1) is 12.2 Å². The van der Waals surface area contributed by atoms with Crippen LogP contribution in [-0.2, 0) is 6.54 Å². The van der Waals surface area contributed by atoms with Gasteiger partial charge in [-0.15, -0.1) is 0 Å². The maximum absolute atomic E-state index is 10.8. The number of aryl methyl sites for hydroxylation is 3. The van der Waals surface area contributed by atoms with Gasteiger partial charge in [0.1, 0.15) is 5.76 Å². The second-order valence-electron chi connectivity index (χ2n) is 4.11. The number of aromatic carboxylic acids is 1. The Kier molecular flexibility index (Phi) is 2.75. The zero-order valence-corrected chi connectivity index (χ0v) is 10.0. The molecule has 0 spiro atoms. The summed E-state index contributed by atoms with van der Waals surface area (Å²) in [7, 11) is 0. The third kappa shape index (κ3) is 2.22. The molecule has 0 unspecified atom stereocenters. The molecule has 5 heteroatoms. The summed E-state index contributed by atoms with van der Waals surface area (Å²) in [6.45, 7) is 6.04.